The highest BCUT2D eigenvalue weighted by Gasteiger charge is 2.27. The summed E-state index contributed by atoms with van der Waals surface area (Å²) < 4.78 is 0. The van der Waals surface area contributed by atoms with Crippen LogP contribution in [0.25, 0.3) is 0 Å². The van der Waals surface area contributed by atoms with E-state index in [0.717, 1.165) is 5.92 Å². The Morgan fingerprint density at radius 3 is 2.10 bits per heavy atom. The highest BCUT2D eigenvalue weighted by molar-refractivity contribution is 4.84. The Bertz CT molecular complexity index is 228. The number of hydrogen-bond acceptors (Lipinski definition) is 0. The second-order valence-electron chi connectivity index (χ2n) is 6.93. The van der Waals surface area contributed by atoms with E-state index in [0.29, 0.717) is 5.41 Å². The van der Waals surface area contributed by atoms with E-state index in [4.69, 9.17) is 0 Å². The van der Waals surface area contributed by atoms with Gasteiger partial charge >= 0.3 is 0 Å². The van der Waals surface area contributed by atoms with Crippen LogP contribution in [0.1, 0.15) is 105 Å². The maximum Gasteiger partial charge on any atom is -0.0300 e. The van der Waals surface area contributed by atoms with Crippen LogP contribution in [0, 0.1) is 11.3 Å². The highest BCUT2D eigenvalue weighted by atomic mass is 14.3. The van der Waals surface area contributed by atoms with Crippen LogP contribution < -0.4 is 0 Å². The Morgan fingerprint density at radius 2 is 1.55 bits per heavy atom. The molecule has 0 heterocycles. The van der Waals surface area contributed by atoms with Crippen molar-refractivity contribution in [1.29, 1.82) is 0 Å². The molecule has 0 bridgehead atoms. The molecule has 0 rings (SSSR count). The van der Waals surface area contributed by atoms with Crippen molar-refractivity contribution in [3.63, 3.8) is 0 Å². The summed E-state index contributed by atoms with van der Waals surface area (Å²) in [4.78, 5) is 0. The summed E-state index contributed by atoms with van der Waals surface area (Å²) in [6.45, 7) is 11.8. The van der Waals surface area contributed by atoms with Crippen molar-refractivity contribution in [3.8, 4) is 0 Å². The van der Waals surface area contributed by atoms with Crippen LogP contribution in [-0.4, -0.2) is 0 Å². The van der Waals surface area contributed by atoms with Gasteiger partial charge in [-0.1, -0.05) is 97.6 Å². The molecule has 0 aliphatic heterocycles. The molecule has 0 heteroatoms. The SMILES string of the molecule is CC=CCCC(C)(CC)C(C)CCCCCCCCC. The third kappa shape index (κ3) is 8.82. The van der Waals surface area contributed by atoms with Gasteiger partial charge in [-0.25, -0.2) is 0 Å². The monoisotopic (exact) mass is 280 g/mol. The molecule has 0 nitrogen and oxygen atoms in total. The Hall–Kier alpha value is -0.260. The molecular formula is C20H40. The van der Waals surface area contributed by atoms with Gasteiger partial charge in [-0.3, -0.25) is 0 Å². The maximum absolute atomic E-state index is 2.50. The van der Waals surface area contributed by atoms with Crippen LogP contribution in [0.5, 0.6) is 0 Å². The smallest absolute Gasteiger partial charge is 0.0300 e. The fourth-order valence-corrected chi connectivity index (χ4v) is 3.11. The molecule has 0 aliphatic rings. The van der Waals surface area contributed by atoms with Gasteiger partial charge in [0.05, 0.1) is 0 Å². The third-order valence-corrected chi connectivity index (χ3v) is 5.36. The van der Waals surface area contributed by atoms with Crippen LogP contribution in [0.15, 0.2) is 12.2 Å². The minimum Gasteiger partial charge on any atom is -0.0917 e. The molecule has 120 valence electrons. The molecular weight excluding hydrogens is 240 g/mol. The lowest BCUT2D eigenvalue weighted by Crippen LogP contribution is -2.24. The predicted octanol–water partition coefficient (Wildman–Crippen LogP) is 7.54. The van der Waals surface area contributed by atoms with E-state index in [2.05, 4.69) is 46.8 Å². The molecule has 0 aliphatic carbocycles. The lowest BCUT2D eigenvalue weighted by atomic mass is 9.70. The summed E-state index contributed by atoms with van der Waals surface area (Å²) in [6, 6.07) is 0. The summed E-state index contributed by atoms with van der Waals surface area (Å²) in [5.41, 5.74) is 0.543. The Morgan fingerprint density at radius 1 is 0.950 bits per heavy atom. The molecule has 0 fully saturated rings. The maximum atomic E-state index is 2.50. The molecule has 0 aromatic carbocycles. The summed E-state index contributed by atoms with van der Waals surface area (Å²) >= 11 is 0. The molecule has 0 spiro atoms. The summed E-state index contributed by atoms with van der Waals surface area (Å²) in [5.74, 6) is 0.869. The lowest BCUT2D eigenvalue weighted by Gasteiger charge is -2.35. The summed E-state index contributed by atoms with van der Waals surface area (Å²) in [7, 11) is 0. The van der Waals surface area contributed by atoms with Gasteiger partial charge < -0.3 is 0 Å². The van der Waals surface area contributed by atoms with Crippen LogP contribution in [0.2, 0.25) is 0 Å². The molecule has 0 N–H and O–H groups in total. The predicted molar refractivity (Wildman–Crippen MR) is 94.2 cm³/mol. The molecule has 0 radical (unpaired) electrons. The van der Waals surface area contributed by atoms with E-state index in [1.54, 1.807) is 0 Å². The van der Waals surface area contributed by atoms with Crippen molar-refractivity contribution in [2.75, 3.05) is 0 Å². The molecule has 0 saturated carbocycles. The second kappa shape index (κ2) is 12.5. The molecule has 2 atom stereocenters. The van der Waals surface area contributed by atoms with Gasteiger partial charge in [0.1, 0.15) is 0 Å². The zero-order valence-corrected chi connectivity index (χ0v) is 15.0. The van der Waals surface area contributed by atoms with Crippen molar-refractivity contribution in [1.82, 2.24) is 0 Å². The Balaban J connectivity index is 3.82. The summed E-state index contributed by atoms with van der Waals surface area (Å²) in [6.07, 6.45) is 19.9. The third-order valence-electron chi connectivity index (χ3n) is 5.36. The first-order valence-electron chi connectivity index (χ1n) is 9.21. The highest BCUT2D eigenvalue weighted by Crippen LogP contribution is 2.38. The van der Waals surface area contributed by atoms with Gasteiger partial charge in [0.15, 0.2) is 0 Å². The quantitative estimate of drug-likeness (QED) is 0.241. The topological polar surface area (TPSA) is 0 Å². The van der Waals surface area contributed by atoms with Crippen molar-refractivity contribution < 1.29 is 0 Å². The molecule has 0 amide bonds. The van der Waals surface area contributed by atoms with Crippen LogP contribution in [0.3, 0.4) is 0 Å². The van der Waals surface area contributed by atoms with Gasteiger partial charge in [-0.05, 0) is 31.1 Å². The first-order chi connectivity index (χ1) is 9.60. The Kier molecular flexibility index (Phi) is 12.3. The lowest BCUT2D eigenvalue weighted by molar-refractivity contribution is 0.163. The molecule has 0 aromatic rings. The van der Waals surface area contributed by atoms with Gasteiger partial charge in [0, 0.05) is 0 Å². The van der Waals surface area contributed by atoms with Crippen molar-refractivity contribution in [3.05, 3.63) is 12.2 Å². The van der Waals surface area contributed by atoms with Crippen molar-refractivity contribution >= 4 is 0 Å². The zero-order valence-electron chi connectivity index (χ0n) is 15.0. The Labute approximate surface area is 129 Å². The van der Waals surface area contributed by atoms with E-state index in [-0.39, 0.29) is 0 Å². The first kappa shape index (κ1) is 19.7. The van der Waals surface area contributed by atoms with Gasteiger partial charge in [0.25, 0.3) is 0 Å². The van der Waals surface area contributed by atoms with E-state index < -0.39 is 0 Å². The average molecular weight is 281 g/mol. The van der Waals surface area contributed by atoms with E-state index >= 15 is 0 Å². The molecule has 0 saturated heterocycles. The van der Waals surface area contributed by atoms with Gasteiger partial charge in [-0.15, -0.1) is 0 Å². The molecule has 20 heavy (non-hydrogen) atoms. The normalized spacial score (nSPS) is 16.4. The van der Waals surface area contributed by atoms with Crippen LogP contribution >= 0.6 is 0 Å². The standard InChI is InChI=1S/C20H40/c1-6-9-11-12-13-14-15-17-19(4)20(5,8-3)18-16-10-7-2/h7,10,19H,6,8-9,11-18H2,1-5H3. The number of hydrogen-bond donors (Lipinski definition) is 0. The number of unbranched alkanes of at least 4 members (excludes halogenated alkanes) is 6. The fourth-order valence-electron chi connectivity index (χ4n) is 3.11. The van der Waals surface area contributed by atoms with E-state index in [1.165, 1.54) is 70.6 Å². The molecule has 0 aromatic heterocycles. The number of allylic oxidation sites excluding steroid dienone is 2. The fraction of sp³-hybridized carbons (Fsp3) is 0.900. The van der Waals surface area contributed by atoms with E-state index in [1.807, 2.05) is 0 Å². The van der Waals surface area contributed by atoms with Crippen molar-refractivity contribution in [2.24, 2.45) is 11.3 Å². The first-order valence-corrected chi connectivity index (χ1v) is 9.21. The molecule has 2 unspecified atom stereocenters. The summed E-state index contributed by atoms with van der Waals surface area (Å²) in [5, 5.41) is 0. The van der Waals surface area contributed by atoms with Crippen molar-refractivity contribution in [2.45, 2.75) is 105 Å². The van der Waals surface area contributed by atoms with Gasteiger partial charge in [0.2, 0.25) is 0 Å². The zero-order chi connectivity index (χ0) is 15.3. The number of rotatable bonds is 13. The van der Waals surface area contributed by atoms with E-state index in [9.17, 15) is 0 Å². The van der Waals surface area contributed by atoms with Gasteiger partial charge in [-0.2, -0.15) is 0 Å². The average Bonchev–Trinajstić information content (AvgIpc) is 2.46. The van der Waals surface area contributed by atoms with Crippen LogP contribution in [0.4, 0.5) is 0 Å². The minimum atomic E-state index is 0.543. The largest absolute Gasteiger partial charge is 0.0917 e. The minimum absolute atomic E-state index is 0.543. The van der Waals surface area contributed by atoms with Crippen LogP contribution in [-0.2, 0) is 0 Å². The second-order valence-corrected chi connectivity index (χ2v) is 6.93.